The van der Waals surface area contributed by atoms with Gasteiger partial charge in [-0.05, 0) is 24.1 Å². The maximum Gasteiger partial charge on any atom is 0.328 e. The molecular formula is C15H18FNO4. The summed E-state index contributed by atoms with van der Waals surface area (Å²) in [6.45, 7) is 0.926. The van der Waals surface area contributed by atoms with Crippen molar-refractivity contribution < 1.29 is 23.5 Å². The number of halogens is 1. The molecule has 1 aliphatic rings. The van der Waals surface area contributed by atoms with Crippen LogP contribution in [0.25, 0.3) is 0 Å². The molecular weight excluding hydrogens is 277 g/mol. The fourth-order valence-corrected chi connectivity index (χ4v) is 2.22. The number of amides is 1. The Morgan fingerprint density at radius 2 is 2.14 bits per heavy atom. The summed E-state index contributed by atoms with van der Waals surface area (Å²) in [4.78, 5) is 23.9. The topological polar surface area (TPSA) is 64.6 Å². The highest BCUT2D eigenvalue weighted by atomic mass is 19.1. The van der Waals surface area contributed by atoms with Crippen LogP contribution in [0.4, 0.5) is 4.39 Å². The van der Waals surface area contributed by atoms with E-state index < -0.39 is 12.0 Å². The second-order valence-corrected chi connectivity index (χ2v) is 4.98. The third-order valence-electron chi connectivity index (χ3n) is 3.46. The number of hydrogen-bond donors (Lipinski definition) is 1. The largest absolute Gasteiger partial charge is 0.467 e. The van der Waals surface area contributed by atoms with Gasteiger partial charge >= 0.3 is 5.97 Å². The maximum atomic E-state index is 12.9. The van der Waals surface area contributed by atoms with Crippen LogP contribution in [-0.2, 0) is 25.5 Å². The normalized spacial score (nSPS) is 19.0. The van der Waals surface area contributed by atoms with Gasteiger partial charge in [-0.15, -0.1) is 0 Å². The minimum atomic E-state index is -0.784. The summed E-state index contributed by atoms with van der Waals surface area (Å²) in [6, 6.07) is 5.01. The highest BCUT2D eigenvalue weighted by molar-refractivity contribution is 5.86. The Morgan fingerprint density at radius 1 is 1.43 bits per heavy atom. The molecule has 0 aliphatic carbocycles. The van der Waals surface area contributed by atoms with Crippen molar-refractivity contribution in [1.29, 1.82) is 0 Å². The van der Waals surface area contributed by atoms with Gasteiger partial charge in [0, 0.05) is 13.0 Å². The first-order chi connectivity index (χ1) is 10.1. The van der Waals surface area contributed by atoms with E-state index in [4.69, 9.17) is 9.47 Å². The number of rotatable bonds is 5. The van der Waals surface area contributed by atoms with Crippen LogP contribution in [0, 0.1) is 11.7 Å². The lowest BCUT2D eigenvalue weighted by Gasteiger charge is -2.18. The van der Waals surface area contributed by atoms with Crippen molar-refractivity contribution in [2.45, 2.75) is 18.9 Å². The Hall–Kier alpha value is -1.95. The van der Waals surface area contributed by atoms with Crippen molar-refractivity contribution >= 4 is 11.9 Å². The van der Waals surface area contributed by atoms with Crippen LogP contribution in [0.3, 0.4) is 0 Å². The lowest BCUT2D eigenvalue weighted by molar-refractivity contribution is -0.145. The number of benzene rings is 1. The summed E-state index contributed by atoms with van der Waals surface area (Å²) in [6.07, 6.45) is 0.905. The zero-order valence-electron chi connectivity index (χ0n) is 11.8. The van der Waals surface area contributed by atoms with Crippen molar-refractivity contribution in [3.8, 4) is 0 Å². The van der Waals surface area contributed by atoms with Gasteiger partial charge in [0.15, 0.2) is 0 Å². The molecule has 1 saturated heterocycles. The van der Waals surface area contributed by atoms with Gasteiger partial charge in [-0.1, -0.05) is 12.1 Å². The number of nitrogens with one attached hydrogen (secondary N) is 1. The average molecular weight is 295 g/mol. The van der Waals surface area contributed by atoms with Crippen LogP contribution in [0.5, 0.6) is 0 Å². The molecule has 0 spiro atoms. The number of methoxy groups -OCH3 is 1. The predicted octanol–water partition coefficient (Wildman–Crippen LogP) is 1.06. The molecule has 2 atom stereocenters. The molecule has 6 heteroatoms. The Bertz CT molecular complexity index is 497. The summed E-state index contributed by atoms with van der Waals surface area (Å²) in [5.41, 5.74) is 0.745. The Kier molecular flexibility index (Phi) is 5.27. The highest BCUT2D eigenvalue weighted by Crippen LogP contribution is 2.13. The number of esters is 1. The van der Waals surface area contributed by atoms with Crippen molar-refractivity contribution in [1.82, 2.24) is 5.32 Å². The molecule has 0 aromatic heterocycles. The second kappa shape index (κ2) is 7.17. The molecule has 1 aromatic carbocycles. The molecule has 21 heavy (non-hydrogen) atoms. The minimum absolute atomic E-state index is 0.218. The lowest BCUT2D eigenvalue weighted by atomic mass is 10.0. The summed E-state index contributed by atoms with van der Waals surface area (Å²) < 4.78 is 22.8. The predicted molar refractivity (Wildman–Crippen MR) is 73.0 cm³/mol. The van der Waals surface area contributed by atoms with Crippen molar-refractivity contribution in [2.75, 3.05) is 20.3 Å². The number of carbonyl (C=O) groups is 2. The molecule has 0 radical (unpaired) electrons. The van der Waals surface area contributed by atoms with Gasteiger partial charge < -0.3 is 14.8 Å². The first-order valence-electron chi connectivity index (χ1n) is 6.80. The zero-order chi connectivity index (χ0) is 15.2. The standard InChI is InChI=1S/C15H18FNO4/c1-20-15(19)13(8-10-2-4-12(16)5-3-10)17-14(18)11-6-7-21-9-11/h2-5,11,13H,6-9H2,1H3,(H,17,18)/t11-,13+/m0/s1. The summed E-state index contributed by atoms with van der Waals surface area (Å²) >= 11 is 0. The third kappa shape index (κ3) is 4.26. The Morgan fingerprint density at radius 3 is 2.71 bits per heavy atom. The van der Waals surface area contributed by atoms with Crippen LogP contribution in [0.2, 0.25) is 0 Å². The van der Waals surface area contributed by atoms with Crippen molar-refractivity contribution in [2.24, 2.45) is 5.92 Å². The van der Waals surface area contributed by atoms with Gasteiger partial charge in [0.25, 0.3) is 0 Å². The Balaban J connectivity index is 2.01. The van der Waals surface area contributed by atoms with Crippen LogP contribution in [-0.4, -0.2) is 38.2 Å². The molecule has 1 heterocycles. The lowest BCUT2D eigenvalue weighted by Crippen LogP contribution is -2.45. The fraction of sp³-hybridized carbons (Fsp3) is 0.467. The van der Waals surface area contributed by atoms with E-state index in [1.165, 1.54) is 19.2 Å². The van der Waals surface area contributed by atoms with E-state index in [1.54, 1.807) is 12.1 Å². The van der Waals surface area contributed by atoms with Gasteiger partial charge in [0.05, 0.1) is 19.6 Å². The summed E-state index contributed by atoms with van der Waals surface area (Å²) in [7, 11) is 1.27. The molecule has 2 rings (SSSR count). The average Bonchev–Trinajstić information content (AvgIpc) is 3.02. The molecule has 114 valence electrons. The zero-order valence-corrected chi connectivity index (χ0v) is 11.8. The molecule has 1 amide bonds. The van der Waals surface area contributed by atoms with E-state index in [0.717, 1.165) is 5.56 Å². The van der Waals surface area contributed by atoms with Crippen molar-refractivity contribution in [3.63, 3.8) is 0 Å². The van der Waals surface area contributed by atoms with Crippen LogP contribution < -0.4 is 5.32 Å². The molecule has 1 aliphatic heterocycles. The van der Waals surface area contributed by atoms with E-state index in [1.807, 2.05) is 0 Å². The first-order valence-corrected chi connectivity index (χ1v) is 6.80. The van der Waals surface area contributed by atoms with Crippen molar-refractivity contribution in [3.05, 3.63) is 35.6 Å². The van der Waals surface area contributed by atoms with Crippen LogP contribution in [0.1, 0.15) is 12.0 Å². The SMILES string of the molecule is COC(=O)[C@@H](Cc1ccc(F)cc1)NC(=O)[C@H]1CCOC1. The number of carbonyl (C=O) groups excluding carboxylic acids is 2. The van der Waals surface area contributed by atoms with Gasteiger partial charge in [-0.3, -0.25) is 4.79 Å². The fourth-order valence-electron chi connectivity index (χ4n) is 2.22. The van der Waals surface area contributed by atoms with Gasteiger partial charge in [0.2, 0.25) is 5.91 Å². The van der Waals surface area contributed by atoms with E-state index >= 15 is 0 Å². The molecule has 0 bridgehead atoms. The van der Waals surface area contributed by atoms with E-state index in [2.05, 4.69) is 5.32 Å². The van der Waals surface area contributed by atoms with E-state index in [0.29, 0.717) is 19.6 Å². The number of hydrogen-bond acceptors (Lipinski definition) is 4. The monoisotopic (exact) mass is 295 g/mol. The van der Waals surface area contributed by atoms with Crippen LogP contribution in [0.15, 0.2) is 24.3 Å². The first kappa shape index (κ1) is 15.4. The van der Waals surface area contributed by atoms with Gasteiger partial charge in [0.1, 0.15) is 11.9 Å². The molecule has 1 fully saturated rings. The third-order valence-corrected chi connectivity index (χ3v) is 3.46. The quantitative estimate of drug-likeness (QED) is 0.825. The van der Waals surface area contributed by atoms with E-state index in [9.17, 15) is 14.0 Å². The van der Waals surface area contributed by atoms with Crippen LogP contribution >= 0.6 is 0 Å². The number of ether oxygens (including phenoxy) is 2. The molecule has 5 nitrogen and oxygen atoms in total. The maximum absolute atomic E-state index is 12.9. The smallest absolute Gasteiger partial charge is 0.328 e. The summed E-state index contributed by atoms with van der Waals surface area (Å²) in [5, 5.41) is 2.69. The molecule has 0 unspecified atom stereocenters. The minimum Gasteiger partial charge on any atom is -0.467 e. The van der Waals surface area contributed by atoms with Gasteiger partial charge in [-0.25, -0.2) is 9.18 Å². The summed E-state index contributed by atoms with van der Waals surface area (Å²) in [5.74, 6) is -1.32. The molecule has 1 aromatic rings. The molecule has 1 N–H and O–H groups in total. The second-order valence-electron chi connectivity index (χ2n) is 4.98. The highest BCUT2D eigenvalue weighted by Gasteiger charge is 2.28. The Labute approximate surface area is 122 Å². The van der Waals surface area contributed by atoms with E-state index in [-0.39, 0.29) is 24.1 Å². The molecule has 0 saturated carbocycles. The van der Waals surface area contributed by atoms with Gasteiger partial charge in [-0.2, -0.15) is 0 Å².